The maximum Gasteiger partial charge on any atom is 0.264 e. The Kier molecular flexibility index (Phi) is 11.6. The van der Waals surface area contributed by atoms with Crippen LogP contribution in [0.1, 0.15) is 32.3 Å². The Morgan fingerprint density at radius 2 is 1.57 bits per heavy atom. The molecule has 10 nitrogen and oxygen atoms in total. The van der Waals surface area contributed by atoms with Gasteiger partial charge in [0.05, 0.1) is 31.9 Å². The molecular formula is C31H39N3O7S. The van der Waals surface area contributed by atoms with Crippen LogP contribution in [0.3, 0.4) is 0 Å². The summed E-state index contributed by atoms with van der Waals surface area (Å²) in [6, 6.07) is 19.0. The van der Waals surface area contributed by atoms with Gasteiger partial charge in [-0.3, -0.25) is 13.9 Å². The van der Waals surface area contributed by atoms with Crippen molar-refractivity contribution < 1.29 is 32.2 Å². The number of amides is 2. The zero-order valence-corrected chi connectivity index (χ0v) is 25.5. The zero-order chi connectivity index (χ0) is 30.7. The van der Waals surface area contributed by atoms with Crippen molar-refractivity contribution in [2.45, 2.75) is 44.2 Å². The van der Waals surface area contributed by atoms with Gasteiger partial charge in [-0.25, -0.2) is 8.42 Å². The normalized spacial score (nSPS) is 11.7. The van der Waals surface area contributed by atoms with Crippen molar-refractivity contribution in [1.82, 2.24) is 10.2 Å². The third-order valence-electron chi connectivity index (χ3n) is 6.69. The van der Waals surface area contributed by atoms with Gasteiger partial charge in [0.15, 0.2) is 11.5 Å². The average molecular weight is 598 g/mol. The number of anilines is 1. The first-order chi connectivity index (χ1) is 20.2. The minimum atomic E-state index is -4.26. The van der Waals surface area contributed by atoms with Gasteiger partial charge in [-0.15, -0.1) is 0 Å². The van der Waals surface area contributed by atoms with Crippen LogP contribution in [0.5, 0.6) is 17.2 Å². The summed E-state index contributed by atoms with van der Waals surface area (Å²) in [6.45, 7) is 3.75. The van der Waals surface area contributed by atoms with Gasteiger partial charge in [0.1, 0.15) is 18.3 Å². The molecule has 0 aliphatic carbocycles. The van der Waals surface area contributed by atoms with Gasteiger partial charge >= 0.3 is 0 Å². The molecule has 0 heterocycles. The standard InChI is InChI=1S/C31H39N3O7S/c1-6-18-32-31(36)27(7-2)33(21-23-12-11-15-25(19-23)39-3)30(35)22-34(24-13-9-8-10-14-24)42(37,38)26-16-17-28(40-4)29(20-26)41-5/h8-17,19-20,27H,6-7,18,21-22H2,1-5H3,(H,32,36). The Balaban J connectivity index is 2.07. The number of carbonyl (C=O) groups is 2. The second kappa shape index (κ2) is 15.1. The molecule has 3 aromatic rings. The molecule has 0 aliphatic heterocycles. The van der Waals surface area contributed by atoms with Crippen LogP contribution in [0, 0.1) is 0 Å². The van der Waals surface area contributed by atoms with Crippen LogP contribution in [0.15, 0.2) is 77.7 Å². The second-order valence-corrected chi connectivity index (χ2v) is 11.3. The number of rotatable bonds is 15. The number of nitrogens with zero attached hydrogens (tertiary/aromatic N) is 2. The SMILES string of the molecule is CCCNC(=O)C(CC)N(Cc1cccc(OC)c1)C(=O)CN(c1ccccc1)S(=O)(=O)c1ccc(OC)c(OC)c1. The second-order valence-electron chi connectivity index (χ2n) is 9.45. The van der Waals surface area contributed by atoms with E-state index in [0.29, 0.717) is 30.2 Å². The van der Waals surface area contributed by atoms with Crippen molar-refractivity contribution in [3.8, 4) is 17.2 Å². The van der Waals surface area contributed by atoms with Crippen LogP contribution in [-0.2, 0) is 26.2 Å². The van der Waals surface area contributed by atoms with Gasteiger partial charge in [0.2, 0.25) is 11.8 Å². The Bertz CT molecular complexity index is 1450. The minimum absolute atomic E-state index is 0.0765. The van der Waals surface area contributed by atoms with Crippen LogP contribution in [0.2, 0.25) is 0 Å². The van der Waals surface area contributed by atoms with E-state index in [4.69, 9.17) is 14.2 Å². The van der Waals surface area contributed by atoms with E-state index in [1.807, 2.05) is 19.9 Å². The Morgan fingerprint density at radius 1 is 0.857 bits per heavy atom. The first-order valence-electron chi connectivity index (χ1n) is 13.7. The predicted octanol–water partition coefficient (Wildman–Crippen LogP) is 4.24. The molecule has 2 amide bonds. The van der Waals surface area contributed by atoms with Gasteiger partial charge < -0.3 is 24.4 Å². The molecule has 0 aromatic heterocycles. The molecule has 0 saturated carbocycles. The first-order valence-corrected chi connectivity index (χ1v) is 15.1. The largest absolute Gasteiger partial charge is 0.497 e. The van der Waals surface area contributed by atoms with Crippen molar-refractivity contribution in [2.24, 2.45) is 0 Å². The Labute approximate surface area is 248 Å². The molecule has 226 valence electrons. The van der Waals surface area contributed by atoms with Crippen molar-refractivity contribution in [1.29, 1.82) is 0 Å². The van der Waals surface area contributed by atoms with Gasteiger partial charge in [-0.2, -0.15) is 0 Å². The van der Waals surface area contributed by atoms with E-state index < -0.39 is 28.5 Å². The Hall–Kier alpha value is -4.25. The van der Waals surface area contributed by atoms with E-state index in [9.17, 15) is 18.0 Å². The van der Waals surface area contributed by atoms with Crippen molar-refractivity contribution in [2.75, 3.05) is 38.7 Å². The van der Waals surface area contributed by atoms with Crippen LogP contribution in [-0.4, -0.2) is 65.6 Å². The molecular weight excluding hydrogens is 558 g/mol. The molecule has 1 atom stereocenters. The molecule has 0 bridgehead atoms. The third kappa shape index (κ3) is 7.73. The molecule has 42 heavy (non-hydrogen) atoms. The topological polar surface area (TPSA) is 114 Å². The fraction of sp³-hybridized carbons (Fsp3) is 0.355. The Morgan fingerprint density at radius 3 is 2.19 bits per heavy atom. The molecule has 1 unspecified atom stereocenters. The summed E-state index contributed by atoms with van der Waals surface area (Å²) in [5, 5.41) is 2.88. The maximum absolute atomic E-state index is 14.1. The monoisotopic (exact) mass is 597 g/mol. The molecule has 3 rings (SSSR count). The highest BCUT2D eigenvalue weighted by atomic mass is 32.2. The first kappa shape index (κ1) is 32.3. The van der Waals surface area contributed by atoms with Gasteiger partial charge in [-0.1, -0.05) is 44.2 Å². The van der Waals surface area contributed by atoms with Gasteiger partial charge in [0.25, 0.3) is 10.0 Å². The number of hydrogen-bond donors (Lipinski definition) is 1. The van der Waals surface area contributed by atoms with Crippen LogP contribution < -0.4 is 23.8 Å². The molecule has 3 aromatic carbocycles. The molecule has 0 radical (unpaired) electrons. The number of hydrogen-bond acceptors (Lipinski definition) is 7. The summed E-state index contributed by atoms with van der Waals surface area (Å²) in [7, 11) is 0.158. The highest BCUT2D eigenvalue weighted by Crippen LogP contribution is 2.32. The van der Waals surface area contributed by atoms with E-state index in [-0.39, 0.29) is 23.1 Å². The summed E-state index contributed by atoms with van der Waals surface area (Å²) < 4.78 is 45.1. The molecule has 0 fully saturated rings. The smallest absolute Gasteiger partial charge is 0.264 e. The summed E-state index contributed by atoms with van der Waals surface area (Å²) in [5.41, 5.74) is 1.03. The lowest BCUT2D eigenvalue weighted by Crippen LogP contribution is -2.52. The van der Waals surface area contributed by atoms with E-state index >= 15 is 0 Å². The highest BCUT2D eigenvalue weighted by molar-refractivity contribution is 7.92. The van der Waals surface area contributed by atoms with Crippen LogP contribution in [0.25, 0.3) is 0 Å². The van der Waals surface area contributed by atoms with Gasteiger partial charge in [0, 0.05) is 19.2 Å². The van der Waals surface area contributed by atoms with Crippen molar-refractivity contribution in [3.63, 3.8) is 0 Å². The molecule has 0 spiro atoms. The van der Waals surface area contributed by atoms with E-state index in [2.05, 4.69) is 5.32 Å². The molecule has 1 N–H and O–H groups in total. The molecule has 0 saturated heterocycles. The number of methoxy groups -OCH3 is 3. The van der Waals surface area contributed by atoms with Crippen LogP contribution >= 0.6 is 0 Å². The summed E-state index contributed by atoms with van der Waals surface area (Å²) in [5.74, 6) is 0.363. The predicted molar refractivity (Wildman–Crippen MR) is 161 cm³/mol. The maximum atomic E-state index is 14.1. The van der Waals surface area contributed by atoms with Gasteiger partial charge in [-0.05, 0) is 54.8 Å². The highest BCUT2D eigenvalue weighted by Gasteiger charge is 2.34. The fourth-order valence-corrected chi connectivity index (χ4v) is 5.91. The average Bonchev–Trinajstić information content (AvgIpc) is 3.02. The molecule has 0 aliphatic rings. The van der Waals surface area contributed by atoms with E-state index in [1.165, 1.54) is 37.3 Å². The third-order valence-corrected chi connectivity index (χ3v) is 8.46. The number of para-hydroxylation sites is 1. The summed E-state index contributed by atoms with van der Waals surface area (Å²) >= 11 is 0. The fourth-order valence-electron chi connectivity index (χ4n) is 4.48. The van der Waals surface area contributed by atoms with E-state index in [0.717, 1.165) is 16.3 Å². The van der Waals surface area contributed by atoms with Crippen molar-refractivity contribution in [3.05, 3.63) is 78.4 Å². The lowest BCUT2D eigenvalue weighted by Gasteiger charge is -2.33. The quantitative estimate of drug-likeness (QED) is 0.279. The van der Waals surface area contributed by atoms with Crippen molar-refractivity contribution >= 4 is 27.5 Å². The number of benzene rings is 3. The lowest BCUT2D eigenvalue weighted by atomic mass is 10.1. The lowest BCUT2D eigenvalue weighted by molar-refractivity contribution is -0.140. The van der Waals surface area contributed by atoms with Crippen LogP contribution in [0.4, 0.5) is 5.69 Å². The minimum Gasteiger partial charge on any atom is -0.497 e. The number of nitrogens with one attached hydrogen (secondary N) is 1. The number of ether oxygens (including phenoxy) is 3. The number of carbonyl (C=O) groups excluding carboxylic acids is 2. The van der Waals surface area contributed by atoms with E-state index in [1.54, 1.807) is 55.6 Å². The zero-order valence-electron chi connectivity index (χ0n) is 24.7. The number of sulfonamides is 1. The summed E-state index contributed by atoms with van der Waals surface area (Å²) in [6.07, 6.45) is 1.07. The summed E-state index contributed by atoms with van der Waals surface area (Å²) in [4.78, 5) is 28.7. The molecule has 11 heteroatoms.